The number of aliphatic hydroxyl groups is 1. The normalized spacial score (nSPS) is 12.9. The predicted octanol–water partition coefficient (Wildman–Crippen LogP) is 3.53. The molecule has 0 saturated carbocycles. The van der Waals surface area contributed by atoms with Gasteiger partial charge in [-0.1, -0.05) is 38.1 Å². The van der Waals surface area contributed by atoms with Crippen molar-refractivity contribution in [1.29, 1.82) is 0 Å². The Morgan fingerprint density at radius 3 is 2.56 bits per heavy atom. The molecule has 0 bridgehead atoms. The topological polar surface area (TPSA) is 25.2 Å². The summed E-state index contributed by atoms with van der Waals surface area (Å²) < 4.78 is 2.13. The maximum atomic E-state index is 10.0. The Labute approximate surface area is 109 Å². The molecular formula is C16H21NO. The van der Waals surface area contributed by atoms with Crippen LogP contribution in [0.2, 0.25) is 0 Å². The van der Waals surface area contributed by atoms with Crippen LogP contribution in [0.4, 0.5) is 0 Å². The zero-order valence-electron chi connectivity index (χ0n) is 11.3. The zero-order valence-corrected chi connectivity index (χ0v) is 11.3. The fourth-order valence-corrected chi connectivity index (χ4v) is 2.10. The molecule has 0 aliphatic heterocycles. The van der Waals surface area contributed by atoms with E-state index in [2.05, 4.69) is 35.8 Å². The van der Waals surface area contributed by atoms with Crippen molar-refractivity contribution >= 4 is 0 Å². The minimum Gasteiger partial charge on any atom is -0.388 e. The lowest BCUT2D eigenvalue weighted by atomic mass is 10.0. The highest BCUT2D eigenvalue weighted by Gasteiger charge is 2.13. The molecule has 0 spiro atoms. The lowest BCUT2D eigenvalue weighted by Gasteiger charge is -2.12. The van der Waals surface area contributed by atoms with Gasteiger partial charge in [-0.05, 0) is 35.6 Å². The Bertz CT molecular complexity index is 513. The Kier molecular flexibility index (Phi) is 3.87. The molecule has 2 nitrogen and oxygen atoms in total. The highest BCUT2D eigenvalue weighted by molar-refractivity contribution is 5.26. The molecule has 1 atom stereocenters. The Hall–Kier alpha value is -1.54. The molecule has 1 aromatic carbocycles. The van der Waals surface area contributed by atoms with Gasteiger partial charge < -0.3 is 9.67 Å². The minimum absolute atomic E-state index is 0.249. The minimum atomic E-state index is -0.372. The van der Waals surface area contributed by atoms with Gasteiger partial charge in [0.2, 0.25) is 0 Å². The van der Waals surface area contributed by atoms with Crippen LogP contribution in [0.15, 0.2) is 42.7 Å². The Balaban J connectivity index is 2.14. The van der Waals surface area contributed by atoms with Crippen molar-refractivity contribution in [3.63, 3.8) is 0 Å². The van der Waals surface area contributed by atoms with E-state index in [4.69, 9.17) is 0 Å². The smallest absolute Gasteiger partial charge is 0.0827 e. The van der Waals surface area contributed by atoms with Gasteiger partial charge in [0, 0.05) is 18.9 Å². The summed E-state index contributed by atoms with van der Waals surface area (Å²) in [5, 5.41) is 10.0. The lowest BCUT2D eigenvalue weighted by molar-refractivity contribution is 0.127. The van der Waals surface area contributed by atoms with Crippen molar-refractivity contribution in [1.82, 2.24) is 4.57 Å². The molecule has 1 aromatic heterocycles. The van der Waals surface area contributed by atoms with Crippen LogP contribution < -0.4 is 0 Å². The maximum Gasteiger partial charge on any atom is 0.0827 e. The van der Waals surface area contributed by atoms with Crippen molar-refractivity contribution in [2.24, 2.45) is 5.92 Å². The predicted molar refractivity (Wildman–Crippen MR) is 74.5 cm³/mol. The van der Waals surface area contributed by atoms with Gasteiger partial charge in [0.15, 0.2) is 0 Å². The molecule has 0 radical (unpaired) electrons. The number of nitrogens with zero attached hydrogens (tertiary/aromatic N) is 1. The number of hydrogen-bond donors (Lipinski definition) is 1. The highest BCUT2D eigenvalue weighted by atomic mass is 16.3. The Morgan fingerprint density at radius 1 is 1.17 bits per heavy atom. The van der Waals surface area contributed by atoms with Gasteiger partial charge in [-0.15, -0.1) is 0 Å². The summed E-state index contributed by atoms with van der Waals surface area (Å²) >= 11 is 0. The van der Waals surface area contributed by atoms with E-state index in [0.29, 0.717) is 0 Å². The molecule has 96 valence electrons. The summed E-state index contributed by atoms with van der Waals surface area (Å²) in [4.78, 5) is 0. The van der Waals surface area contributed by atoms with E-state index >= 15 is 0 Å². The molecular weight excluding hydrogens is 222 g/mol. The molecule has 0 amide bonds. The van der Waals surface area contributed by atoms with Gasteiger partial charge >= 0.3 is 0 Å². The van der Waals surface area contributed by atoms with Gasteiger partial charge in [0.1, 0.15) is 0 Å². The van der Waals surface area contributed by atoms with E-state index in [9.17, 15) is 5.11 Å². The molecule has 1 N–H and O–H groups in total. The summed E-state index contributed by atoms with van der Waals surface area (Å²) in [5.41, 5.74) is 3.62. The third-order valence-corrected chi connectivity index (χ3v) is 3.36. The standard InChI is InChI=1S/C16H21NO/c1-12(2)16(18)15-8-9-17(11-15)10-14-7-5-4-6-13(14)3/h4-9,11-12,16,18H,10H2,1-3H3. The number of aliphatic hydroxyl groups excluding tert-OH is 1. The van der Waals surface area contributed by atoms with E-state index in [1.54, 1.807) is 0 Å². The first-order valence-corrected chi connectivity index (χ1v) is 6.46. The average Bonchev–Trinajstić information content (AvgIpc) is 2.79. The summed E-state index contributed by atoms with van der Waals surface area (Å²) in [7, 11) is 0. The van der Waals surface area contributed by atoms with Gasteiger partial charge in [-0.2, -0.15) is 0 Å². The zero-order chi connectivity index (χ0) is 13.1. The Morgan fingerprint density at radius 2 is 1.89 bits per heavy atom. The fraction of sp³-hybridized carbons (Fsp3) is 0.375. The van der Waals surface area contributed by atoms with Crippen LogP contribution in [-0.2, 0) is 6.54 Å². The van der Waals surface area contributed by atoms with Crippen molar-refractivity contribution in [2.75, 3.05) is 0 Å². The molecule has 1 heterocycles. The van der Waals surface area contributed by atoms with Gasteiger partial charge in [0.05, 0.1) is 6.10 Å². The van der Waals surface area contributed by atoms with Crippen molar-refractivity contribution in [2.45, 2.75) is 33.4 Å². The van der Waals surface area contributed by atoms with Gasteiger partial charge in [0.25, 0.3) is 0 Å². The molecule has 0 saturated heterocycles. The van der Waals surface area contributed by atoms with Crippen LogP contribution >= 0.6 is 0 Å². The number of hydrogen-bond acceptors (Lipinski definition) is 1. The van der Waals surface area contributed by atoms with E-state index in [1.165, 1.54) is 11.1 Å². The van der Waals surface area contributed by atoms with Crippen LogP contribution in [0.25, 0.3) is 0 Å². The summed E-state index contributed by atoms with van der Waals surface area (Å²) in [6, 6.07) is 10.4. The number of aromatic nitrogens is 1. The van der Waals surface area contributed by atoms with Crippen LogP contribution in [0, 0.1) is 12.8 Å². The number of benzene rings is 1. The highest BCUT2D eigenvalue weighted by Crippen LogP contribution is 2.22. The SMILES string of the molecule is Cc1ccccc1Cn1ccc(C(O)C(C)C)c1. The first kappa shape index (κ1) is 12.9. The van der Waals surface area contributed by atoms with Crippen molar-refractivity contribution in [3.05, 3.63) is 59.4 Å². The van der Waals surface area contributed by atoms with E-state index < -0.39 is 0 Å². The van der Waals surface area contributed by atoms with E-state index in [-0.39, 0.29) is 12.0 Å². The fourth-order valence-electron chi connectivity index (χ4n) is 2.10. The molecule has 1 unspecified atom stereocenters. The second kappa shape index (κ2) is 5.40. The first-order valence-electron chi connectivity index (χ1n) is 6.46. The monoisotopic (exact) mass is 243 g/mol. The molecule has 0 fully saturated rings. The molecule has 2 rings (SSSR count). The largest absolute Gasteiger partial charge is 0.388 e. The first-order chi connectivity index (χ1) is 8.58. The quantitative estimate of drug-likeness (QED) is 0.873. The van der Waals surface area contributed by atoms with Crippen LogP contribution in [0.3, 0.4) is 0 Å². The van der Waals surface area contributed by atoms with Crippen LogP contribution in [0.5, 0.6) is 0 Å². The third-order valence-electron chi connectivity index (χ3n) is 3.36. The summed E-state index contributed by atoms with van der Waals surface area (Å²) in [6.07, 6.45) is 3.70. The average molecular weight is 243 g/mol. The molecule has 2 heteroatoms. The molecule has 18 heavy (non-hydrogen) atoms. The van der Waals surface area contributed by atoms with E-state index in [0.717, 1.165) is 12.1 Å². The van der Waals surface area contributed by atoms with Crippen LogP contribution in [0.1, 0.15) is 36.6 Å². The van der Waals surface area contributed by atoms with Crippen molar-refractivity contribution in [3.8, 4) is 0 Å². The molecule has 0 aliphatic carbocycles. The molecule has 2 aromatic rings. The number of rotatable bonds is 4. The van der Waals surface area contributed by atoms with Crippen LogP contribution in [-0.4, -0.2) is 9.67 Å². The molecule has 0 aliphatic rings. The maximum absolute atomic E-state index is 10.0. The lowest BCUT2D eigenvalue weighted by Crippen LogP contribution is -2.04. The second-order valence-electron chi connectivity index (χ2n) is 5.23. The third kappa shape index (κ3) is 2.82. The van der Waals surface area contributed by atoms with Gasteiger partial charge in [-0.3, -0.25) is 0 Å². The van der Waals surface area contributed by atoms with E-state index in [1.807, 2.05) is 32.3 Å². The summed E-state index contributed by atoms with van der Waals surface area (Å²) in [6.45, 7) is 7.05. The second-order valence-corrected chi connectivity index (χ2v) is 5.23. The summed E-state index contributed by atoms with van der Waals surface area (Å²) in [5.74, 6) is 0.249. The number of aryl methyl sites for hydroxylation is 1. The van der Waals surface area contributed by atoms with Gasteiger partial charge in [-0.25, -0.2) is 0 Å². The van der Waals surface area contributed by atoms with Crippen molar-refractivity contribution < 1.29 is 5.11 Å².